The second-order valence-corrected chi connectivity index (χ2v) is 5.53. The lowest BCUT2D eigenvalue weighted by Gasteiger charge is -2.13. The molecule has 2 amide bonds. The Bertz CT molecular complexity index is 246. The van der Waals surface area contributed by atoms with Gasteiger partial charge in [-0.25, -0.2) is 4.79 Å². The summed E-state index contributed by atoms with van der Waals surface area (Å²) in [5.41, 5.74) is 5.57. The minimum absolute atomic E-state index is 0.0424. The van der Waals surface area contributed by atoms with Crippen molar-refractivity contribution in [3.05, 3.63) is 0 Å². The second-order valence-electron chi connectivity index (χ2n) is 3.83. The van der Waals surface area contributed by atoms with Crippen molar-refractivity contribution in [1.29, 1.82) is 0 Å². The van der Waals surface area contributed by atoms with Crippen molar-refractivity contribution >= 4 is 16.8 Å². The van der Waals surface area contributed by atoms with Gasteiger partial charge in [-0.1, -0.05) is 0 Å². The van der Waals surface area contributed by atoms with Gasteiger partial charge in [0.25, 0.3) is 0 Å². The average Bonchev–Trinajstić information content (AvgIpc) is 2.58. The second kappa shape index (κ2) is 6.07. The van der Waals surface area contributed by atoms with E-state index < -0.39 is 10.8 Å². The molecule has 1 saturated heterocycles. The van der Waals surface area contributed by atoms with Crippen molar-refractivity contribution in [2.24, 2.45) is 5.73 Å². The normalized spacial score (nSPS) is 20.1. The topological polar surface area (TPSA) is 75.4 Å². The molecular weight excluding hydrogens is 214 g/mol. The number of nitrogens with zero attached hydrogens (tertiary/aromatic N) is 1. The number of nitrogens with two attached hydrogens (primary N) is 1. The quantitative estimate of drug-likeness (QED) is 0.649. The van der Waals surface area contributed by atoms with Crippen LogP contribution >= 0.6 is 0 Å². The summed E-state index contributed by atoms with van der Waals surface area (Å²) in [5.74, 6) is 1.19. The minimum atomic E-state index is -0.853. The Morgan fingerprint density at radius 2 is 2.33 bits per heavy atom. The maximum atomic E-state index is 11.5. The van der Waals surface area contributed by atoms with Crippen LogP contribution in [-0.4, -0.2) is 52.3 Å². The van der Waals surface area contributed by atoms with Crippen molar-refractivity contribution in [1.82, 2.24) is 10.2 Å². The number of carbonyl (C=O) groups is 1. The van der Waals surface area contributed by atoms with Crippen LogP contribution in [0.25, 0.3) is 0 Å². The number of carbonyl (C=O) groups excluding carboxylic acids is 1. The van der Waals surface area contributed by atoms with E-state index in [-0.39, 0.29) is 12.1 Å². The molecule has 0 radical (unpaired) electrons. The summed E-state index contributed by atoms with van der Waals surface area (Å²) >= 11 is 0. The van der Waals surface area contributed by atoms with Crippen LogP contribution < -0.4 is 11.1 Å². The Hall–Kier alpha value is -0.620. The zero-order valence-electron chi connectivity index (χ0n) is 9.07. The van der Waals surface area contributed by atoms with Crippen LogP contribution in [0.15, 0.2) is 0 Å². The molecule has 1 aliphatic rings. The van der Waals surface area contributed by atoms with E-state index >= 15 is 0 Å². The molecule has 5 nitrogen and oxygen atoms in total. The molecule has 2 atom stereocenters. The van der Waals surface area contributed by atoms with Gasteiger partial charge < -0.3 is 16.0 Å². The van der Waals surface area contributed by atoms with Crippen LogP contribution in [0.2, 0.25) is 0 Å². The fourth-order valence-electron chi connectivity index (χ4n) is 1.36. The number of amides is 2. The molecule has 0 spiro atoms. The number of urea groups is 1. The summed E-state index contributed by atoms with van der Waals surface area (Å²) in [6.45, 7) is 3.91. The molecule has 1 fully saturated rings. The van der Waals surface area contributed by atoms with Crippen LogP contribution in [0.4, 0.5) is 4.79 Å². The molecule has 0 saturated carbocycles. The molecule has 0 aliphatic carbocycles. The molecular formula is C9H19N3O2S. The number of hydrogen-bond acceptors (Lipinski definition) is 3. The van der Waals surface area contributed by atoms with Crippen LogP contribution in [0.5, 0.6) is 0 Å². The fraction of sp³-hybridized carbons (Fsp3) is 0.889. The van der Waals surface area contributed by atoms with Crippen molar-refractivity contribution < 1.29 is 9.00 Å². The third-order valence-corrected chi connectivity index (χ3v) is 3.66. The maximum absolute atomic E-state index is 11.5. The first-order valence-corrected chi connectivity index (χ1v) is 6.71. The highest BCUT2D eigenvalue weighted by Gasteiger charge is 2.19. The van der Waals surface area contributed by atoms with E-state index in [1.54, 1.807) is 4.90 Å². The van der Waals surface area contributed by atoms with Gasteiger partial charge in [-0.15, -0.1) is 0 Å². The zero-order valence-corrected chi connectivity index (χ0v) is 9.89. The monoisotopic (exact) mass is 233 g/mol. The van der Waals surface area contributed by atoms with E-state index in [1.165, 1.54) is 0 Å². The van der Waals surface area contributed by atoms with E-state index in [0.29, 0.717) is 24.6 Å². The lowest BCUT2D eigenvalue weighted by molar-refractivity contribution is 0.220. The summed E-state index contributed by atoms with van der Waals surface area (Å²) < 4.78 is 11.5. The van der Waals surface area contributed by atoms with Crippen LogP contribution in [0.3, 0.4) is 0 Å². The van der Waals surface area contributed by atoms with E-state index in [1.807, 2.05) is 6.92 Å². The standard InChI is InChI=1S/C9H19N3O2S/c1-8(10)2-6-15(14)7-5-12-4-3-11-9(12)13/h8H,2-7,10H2,1H3,(H,11,13). The van der Waals surface area contributed by atoms with Gasteiger partial charge in [-0.2, -0.15) is 0 Å². The minimum Gasteiger partial charge on any atom is -0.336 e. The van der Waals surface area contributed by atoms with Crippen molar-refractivity contribution in [3.63, 3.8) is 0 Å². The SMILES string of the molecule is CC(N)CCS(=O)CCN1CCNC1=O. The zero-order chi connectivity index (χ0) is 11.3. The summed E-state index contributed by atoms with van der Waals surface area (Å²) in [6.07, 6.45) is 0.777. The van der Waals surface area contributed by atoms with Gasteiger partial charge in [-0.3, -0.25) is 4.21 Å². The van der Waals surface area contributed by atoms with Crippen LogP contribution in [-0.2, 0) is 10.8 Å². The summed E-state index contributed by atoms with van der Waals surface area (Å²) in [4.78, 5) is 12.8. The van der Waals surface area contributed by atoms with E-state index in [2.05, 4.69) is 5.32 Å². The van der Waals surface area contributed by atoms with Crippen LogP contribution in [0, 0.1) is 0 Å². The average molecular weight is 233 g/mol. The smallest absolute Gasteiger partial charge is 0.317 e. The summed E-state index contributed by atoms with van der Waals surface area (Å²) in [5, 5.41) is 2.71. The molecule has 0 aromatic rings. The Kier molecular flexibility index (Phi) is 5.04. The van der Waals surface area contributed by atoms with Crippen molar-refractivity contribution in [2.45, 2.75) is 19.4 Å². The first-order valence-electron chi connectivity index (χ1n) is 5.23. The molecule has 0 bridgehead atoms. The third kappa shape index (κ3) is 4.61. The number of nitrogens with one attached hydrogen (secondary N) is 1. The van der Waals surface area contributed by atoms with Gasteiger partial charge in [0.2, 0.25) is 0 Å². The van der Waals surface area contributed by atoms with E-state index in [4.69, 9.17) is 5.73 Å². The largest absolute Gasteiger partial charge is 0.336 e. The molecule has 3 N–H and O–H groups in total. The molecule has 1 aliphatic heterocycles. The highest BCUT2D eigenvalue weighted by Crippen LogP contribution is 1.98. The predicted molar refractivity (Wildman–Crippen MR) is 61.1 cm³/mol. The summed E-state index contributed by atoms with van der Waals surface area (Å²) in [6, 6.07) is 0.0585. The molecule has 0 aromatic heterocycles. The maximum Gasteiger partial charge on any atom is 0.317 e. The Morgan fingerprint density at radius 1 is 1.60 bits per heavy atom. The van der Waals surface area contributed by atoms with Gasteiger partial charge in [0, 0.05) is 48.0 Å². The molecule has 2 unspecified atom stereocenters. The first-order chi connectivity index (χ1) is 7.09. The molecule has 0 aromatic carbocycles. The van der Waals surface area contributed by atoms with Gasteiger partial charge >= 0.3 is 6.03 Å². The Balaban J connectivity index is 2.13. The lowest BCUT2D eigenvalue weighted by Crippen LogP contribution is -2.32. The molecule has 6 heteroatoms. The molecule has 88 valence electrons. The lowest BCUT2D eigenvalue weighted by atomic mass is 10.3. The fourth-order valence-corrected chi connectivity index (χ4v) is 2.62. The number of hydrogen-bond donors (Lipinski definition) is 2. The van der Waals surface area contributed by atoms with Gasteiger partial charge in [0.1, 0.15) is 0 Å². The first kappa shape index (κ1) is 12.4. The van der Waals surface area contributed by atoms with Gasteiger partial charge in [0.05, 0.1) is 0 Å². The molecule has 15 heavy (non-hydrogen) atoms. The van der Waals surface area contributed by atoms with Gasteiger partial charge in [-0.05, 0) is 13.3 Å². The number of rotatable bonds is 6. The molecule has 1 heterocycles. The van der Waals surface area contributed by atoms with Crippen molar-refractivity contribution in [2.75, 3.05) is 31.1 Å². The molecule has 1 rings (SSSR count). The Labute approximate surface area is 92.8 Å². The van der Waals surface area contributed by atoms with E-state index in [9.17, 15) is 9.00 Å². The highest BCUT2D eigenvalue weighted by atomic mass is 32.2. The van der Waals surface area contributed by atoms with Gasteiger partial charge in [0.15, 0.2) is 0 Å². The third-order valence-electron chi connectivity index (χ3n) is 2.33. The predicted octanol–water partition coefficient (Wildman–Crippen LogP) is -0.502. The Morgan fingerprint density at radius 3 is 2.87 bits per heavy atom. The highest BCUT2D eigenvalue weighted by molar-refractivity contribution is 7.84. The van der Waals surface area contributed by atoms with E-state index in [0.717, 1.165) is 13.0 Å². The van der Waals surface area contributed by atoms with Crippen molar-refractivity contribution in [3.8, 4) is 0 Å². The summed E-state index contributed by atoms with van der Waals surface area (Å²) in [7, 11) is -0.853. The van der Waals surface area contributed by atoms with Crippen LogP contribution in [0.1, 0.15) is 13.3 Å².